The highest BCUT2D eigenvalue weighted by atomic mass is 16.5. The number of phenols is 1. The second-order valence-electron chi connectivity index (χ2n) is 6.97. The van der Waals surface area contributed by atoms with E-state index in [0.29, 0.717) is 31.9 Å². The van der Waals surface area contributed by atoms with Gasteiger partial charge >= 0.3 is 0 Å². The van der Waals surface area contributed by atoms with Crippen LogP contribution < -0.4 is 5.43 Å². The van der Waals surface area contributed by atoms with Gasteiger partial charge in [0, 0.05) is 41.3 Å². The second kappa shape index (κ2) is 8.79. The first-order valence-corrected chi connectivity index (χ1v) is 9.67. The molecule has 0 saturated carbocycles. The first-order chi connectivity index (χ1) is 14.6. The van der Waals surface area contributed by atoms with Crippen molar-refractivity contribution in [3.63, 3.8) is 0 Å². The number of fused-ring (bicyclic) bond motifs is 1. The van der Waals surface area contributed by atoms with Gasteiger partial charge in [-0.05, 0) is 30.3 Å². The molecule has 8 heteroatoms. The molecule has 0 radical (unpaired) electrons. The monoisotopic (exact) mass is 406 g/mol. The van der Waals surface area contributed by atoms with Crippen molar-refractivity contribution < 1.29 is 19.4 Å². The molecule has 154 valence electrons. The van der Waals surface area contributed by atoms with E-state index in [2.05, 4.69) is 10.5 Å². The average Bonchev–Trinajstić information content (AvgIpc) is 3.12. The van der Waals surface area contributed by atoms with Crippen LogP contribution >= 0.6 is 0 Å². The van der Waals surface area contributed by atoms with Crippen molar-refractivity contribution in [1.82, 2.24) is 14.9 Å². The molecule has 0 aliphatic carbocycles. The summed E-state index contributed by atoms with van der Waals surface area (Å²) in [5, 5.41) is 14.3. The van der Waals surface area contributed by atoms with Crippen LogP contribution in [0.1, 0.15) is 15.9 Å². The Morgan fingerprint density at radius 2 is 1.83 bits per heavy atom. The molecule has 1 aliphatic rings. The lowest BCUT2D eigenvalue weighted by Crippen LogP contribution is -2.42. The summed E-state index contributed by atoms with van der Waals surface area (Å²) in [6, 6.07) is 13.7. The number of ether oxygens (including phenoxy) is 1. The number of nitrogens with one attached hydrogen (secondary N) is 1. The molecule has 2 N–H and O–H groups in total. The Bertz CT molecular complexity index is 1080. The van der Waals surface area contributed by atoms with Gasteiger partial charge < -0.3 is 19.3 Å². The molecule has 1 saturated heterocycles. The lowest BCUT2D eigenvalue weighted by atomic mass is 10.2. The Morgan fingerprint density at radius 1 is 1.10 bits per heavy atom. The number of aromatic hydroxyl groups is 1. The molecule has 4 rings (SSSR count). The number of hydrogen-bond acceptors (Lipinski definition) is 5. The SMILES string of the molecule is O=C(NN=Cc1cn(CC(=O)N2CCOCC2)c2ccccc12)c1ccc(O)cc1. The third-order valence-corrected chi connectivity index (χ3v) is 4.99. The van der Waals surface area contributed by atoms with Gasteiger partial charge in [0.25, 0.3) is 5.91 Å². The van der Waals surface area contributed by atoms with E-state index < -0.39 is 0 Å². The first kappa shape index (κ1) is 19.7. The largest absolute Gasteiger partial charge is 0.508 e. The van der Waals surface area contributed by atoms with E-state index in [1.807, 2.05) is 39.9 Å². The van der Waals surface area contributed by atoms with Crippen LogP contribution in [0.25, 0.3) is 10.9 Å². The van der Waals surface area contributed by atoms with Gasteiger partial charge in [0.2, 0.25) is 5.91 Å². The zero-order chi connectivity index (χ0) is 20.9. The molecule has 0 unspecified atom stereocenters. The van der Waals surface area contributed by atoms with E-state index in [0.717, 1.165) is 16.5 Å². The fraction of sp³-hybridized carbons (Fsp3) is 0.227. The highest BCUT2D eigenvalue weighted by molar-refractivity contribution is 6.01. The maximum Gasteiger partial charge on any atom is 0.271 e. The van der Waals surface area contributed by atoms with Gasteiger partial charge in [0.15, 0.2) is 0 Å². The molecule has 0 bridgehead atoms. The minimum atomic E-state index is -0.377. The van der Waals surface area contributed by atoms with E-state index >= 15 is 0 Å². The van der Waals surface area contributed by atoms with E-state index in [4.69, 9.17) is 4.74 Å². The molecule has 3 aromatic rings. The molecule has 1 fully saturated rings. The number of rotatable bonds is 5. The van der Waals surface area contributed by atoms with Gasteiger partial charge in [-0.1, -0.05) is 18.2 Å². The fourth-order valence-electron chi connectivity index (χ4n) is 3.41. The Morgan fingerprint density at radius 3 is 2.60 bits per heavy atom. The number of morpholine rings is 1. The third-order valence-electron chi connectivity index (χ3n) is 4.99. The molecular weight excluding hydrogens is 384 g/mol. The topological polar surface area (TPSA) is 96.2 Å². The maximum atomic E-state index is 12.6. The quantitative estimate of drug-likeness (QED) is 0.500. The Hall–Kier alpha value is -3.65. The second-order valence-corrected chi connectivity index (χ2v) is 6.97. The zero-order valence-corrected chi connectivity index (χ0v) is 16.3. The third kappa shape index (κ3) is 4.33. The fourth-order valence-corrected chi connectivity index (χ4v) is 3.41. The van der Waals surface area contributed by atoms with Crippen LogP contribution in [0.3, 0.4) is 0 Å². The molecule has 2 heterocycles. The molecule has 1 aliphatic heterocycles. The van der Waals surface area contributed by atoms with Gasteiger partial charge in [-0.2, -0.15) is 5.10 Å². The molecule has 0 atom stereocenters. The number of hydrogen-bond donors (Lipinski definition) is 2. The Kier molecular flexibility index (Phi) is 5.76. The predicted octanol–water partition coefficient (Wildman–Crippen LogP) is 1.97. The average molecular weight is 406 g/mol. The minimum absolute atomic E-state index is 0.0446. The van der Waals surface area contributed by atoms with E-state index in [1.54, 1.807) is 6.21 Å². The summed E-state index contributed by atoms with van der Waals surface area (Å²) in [4.78, 5) is 26.6. The zero-order valence-electron chi connectivity index (χ0n) is 16.3. The molecule has 30 heavy (non-hydrogen) atoms. The predicted molar refractivity (Wildman–Crippen MR) is 113 cm³/mol. The number of aromatic nitrogens is 1. The summed E-state index contributed by atoms with van der Waals surface area (Å²) in [7, 11) is 0. The van der Waals surface area contributed by atoms with Crippen LogP contribution in [0.2, 0.25) is 0 Å². The Labute approximate surface area is 173 Å². The number of amides is 2. The van der Waals surface area contributed by atoms with Crippen molar-refractivity contribution in [2.75, 3.05) is 26.3 Å². The van der Waals surface area contributed by atoms with Crippen LogP contribution in [0.4, 0.5) is 0 Å². The van der Waals surface area contributed by atoms with E-state index in [9.17, 15) is 14.7 Å². The number of nitrogens with zero attached hydrogens (tertiary/aromatic N) is 3. The van der Waals surface area contributed by atoms with E-state index in [-0.39, 0.29) is 24.1 Å². The van der Waals surface area contributed by atoms with Crippen LogP contribution in [-0.2, 0) is 16.1 Å². The number of benzene rings is 2. The highest BCUT2D eigenvalue weighted by Crippen LogP contribution is 2.20. The number of para-hydroxylation sites is 1. The maximum absolute atomic E-state index is 12.6. The number of carbonyl (C=O) groups excluding carboxylic acids is 2. The summed E-state index contributed by atoms with van der Waals surface area (Å²) < 4.78 is 7.21. The molecule has 0 spiro atoms. The lowest BCUT2D eigenvalue weighted by Gasteiger charge is -2.27. The minimum Gasteiger partial charge on any atom is -0.508 e. The summed E-state index contributed by atoms with van der Waals surface area (Å²) in [5.74, 6) is -0.241. The van der Waals surface area contributed by atoms with Crippen molar-refractivity contribution in [2.45, 2.75) is 6.54 Å². The molecule has 8 nitrogen and oxygen atoms in total. The van der Waals surface area contributed by atoms with Crippen molar-refractivity contribution in [1.29, 1.82) is 0 Å². The number of phenolic OH excluding ortho intramolecular Hbond substituents is 1. The van der Waals surface area contributed by atoms with Gasteiger partial charge in [0.05, 0.1) is 19.4 Å². The highest BCUT2D eigenvalue weighted by Gasteiger charge is 2.18. The smallest absolute Gasteiger partial charge is 0.271 e. The van der Waals surface area contributed by atoms with E-state index in [1.165, 1.54) is 24.3 Å². The Balaban J connectivity index is 1.50. The first-order valence-electron chi connectivity index (χ1n) is 9.67. The van der Waals surface area contributed by atoms with Crippen LogP contribution in [0, 0.1) is 0 Å². The van der Waals surface area contributed by atoms with Crippen molar-refractivity contribution in [3.05, 3.63) is 65.9 Å². The van der Waals surface area contributed by atoms with Crippen molar-refractivity contribution in [2.24, 2.45) is 5.10 Å². The van der Waals surface area contributed by atoms with Crippen LogP contribution in [0.5, 0.6) is 5.75 Å². The summed E-state index contributed by atoms with van der Waals surface area (Å²) in [6.45, 7) is 2.58. The number of hydrazone groups is 1. The molecule has 2 amide bonds. The van der Waals surface area contributed by atoms with Crippen molar-refractivity contribution >= 4 is 28.9 Å². The van der Waals surface area contributed by atoms with Crippen molar-refractivity contribution in [3.8, 4) is 5.75 Å². The summed E-state index contributed by atoms with van der Waals surface area (Å²) in [5.41, 5.74) is 4.60. The van der Waals surface area contributed by atoms with Crippen LogP contribution in [0.15, 0.2) is 59.8 Å². The lowest BCUT2D eigenvalue weighted by molar-refractivity contribution is -0.135. The van der Waals surface area contributed by atoms with Crippen LogP contribution in [-0.4, -0.2) is 58.9 Å². The molecule has 2 aromatic carbocycles. The van der Waals surface area contributed by atoms with Gasteiger partial charge in [-0.3, -0.25) is 9.59 Å². The summed E-state index contributed by atoms with van der Waals surface area (Å²) in [6.07, 6.45) is 3.43. The van der Waals surface area contributed by atoms with Gasteiger partial charge in [0.1, 0.15) is 12.3 Å². The summed E-state index contributed by atoms with van der Waals surface area (Å²) >= 11 is 0. The normalized spacial score (nSPS) is 14.3. The van der Waals surface area contributed by atoms with Gasteiger partial charge in [-0.25, -0.2) is 5.43 Å². The number of carbonyl (C=O) groups is 2. The molecular formula is C22H22N4O4. The van der Waals surface area contributed by atoms with Gasteiger partial charge in [-0.15, -0.1) is 0 Å². The molecule has 1 aromatic heterocycles. The standard InChI is InChI=1S/C22H22N4O4/c27-18-7-5-16(6-8-18)22(29)24-23-13-17-14-26(20-4-2-1-3-19(17)20)15-21(28)25-9-11-30-12-10-25/h1-8,13-14,27H,9-12,15H2,(H,24,29).